The Morgan fingerprint density at radius 2 is 0.824 bits per heavy atom. The smallest absolute Gasteiger partial charge is 0.276 e. The van der Waals surface area contributed by atoms with E-state index in [1.807, 2.05) is 0 Å². The van der Waals surface area contributed by atoms with Crippen molar-refractivity contribution in [2.24, 2.45) is 0 Å². The van der Waals surface area contributed by atoms with Crippen LogP contribution in [0.15, 0.2) is 0 Å². The maximum atomic E-state index is 6.48. The van der Waals surface area contributed by atoms with E-state index in [9.17, 15) is 0 Å². The molecule has 0 aliphatic rings. The second-order valence-electron chi connectivity index (χ2n) is 8.89. The molecule has 0 saturated heterocycles. The third-order valence-electron chi connectivity index (χ3n) is 5.52. The Morgan fingerprint density at radius 3 is 1.12 bits per heavy atom. The molecule has 206 valence electrons. The molecule has 0 spiro atoms. The second-order valence-corrected chi connectivity index (χ2v) is 15.0. The Kier molecular flexibility index (Phi) is 23.2. The third-order valence-corrected chi connectivity index (χ3v) is 12.2. The first-order chi connectivity index (χ1) is 16.5. The Balaban J connectivity index is 5.44. The van der Waals surface area contributed by atoms with Crippen LogP contribution in [0.1, 0.15) is 87.0 Å². The number of hydrogen-bond donors (Lipinski definition) is 0. The summed E-state index contributed by atoms with van der Waals surface area (Å²) in [4.78, 5) is 2.54. The minimum Gasteiger partial charge on any atom is -0.380 e. The van der Waals surface area contributed by atoms with Crippen molar-refractivity contribution in [3.63, 3.8) is 0 Å². The molecular formula is C26H59NO5P2+2. The Morgan fingerprint density at radius 1 is 0.441 bits per heavy atom. The minimum atomic E-state index is -1.87. The Hall–Kier alpha value is 0.620. The number of rotatable bonds is 26. The van der Waals surface area contributed by atoms with Crippen LogP contribution in [0.3, 0.4) is 0 Å². The van der Waals surface area contributed by atoms with Crippen molar-refractivity contribution in [3.8, 4) is 0 Å². The molecule has 0 N–H and O–H groups in total. The van der Waals surface area contributed by atoms with Crippen molar-refractivity contribution in [2.45, 2.75) is 87.0 Å². The van der Waals surface area contributed by atoms with Crippen LogP contribution >= 0.6 is 15.4 Å². The van der Waals surface area contributed by atoms with Crippen LogP contribution in [-0.2, 0) is 22.8 Å². The van der Waals surface area contributed by atoms with Gasteiger partial charge in [-0.3, -0.25) is 4.90 Å². The quantitative estimate of drug-likeness (QED) is 0.0855. The number of ether oxygens (including phenoxy) is 1. The number of nitrogens with zero attached hydrogens (tertiary/aromatic N) is 1. The van der Waals surface area contributed by atoms with E-state index in [1.54, 1.807) is 0 Å². The van der Waals surface area contributed by atoms with Gasteiger partial charge in [0.1, 0.15) is 24.6 Å². The highest BCUT2D eigenvalue weighted by molar-refractivity contribution is 7.66. The molecule has 0 saturated carbocycles. The van der Waals surface area contributed by atoms with Gasteiger partial charge in [-0.2, -0.15) is 0 Å². The van der Waals surface area contributed by atoms with Gasteiger partial charge >= 0.3 is 0 Å². The van der Waals surface area contributed by atoms with E-state index >= 15 is 0 Å². The molecule has 0 radical (unpaired) electrons. The summed E-state index contributed by atoms with van der Waals surface area (Å²) >= 11 is 0. The van der Waals surface area contributed by atoms with E-state index in [0.717, 1.165) is 122 Å². The van der Waals surface area contributed by atoms with Gasteiger partial charge in [0.2, 0.25) is 0 Å². The molecule has 0 aromatic heterocycles. The molecule has 0 aromatic carbocycles. The SMILES string of the molecule is CCCO[P+](CCC)(CCN(CCOCC)CC[P+](CCC)(OCCC)OCCC)OCCC. The highest BCUT2D eigenvalue weighted by Gasteiger charge is 2.43. The van der Waals surface area contributed by atoms with Crippen molar-refractivity contribution >= 4 is 15.4 Å². The normalized spacial score (nSPS) is 12.7. The highest BCUT2D eigenvalue weighted by Crippen LogP contribution is 2.62. The van der Waals surface area contributed by atoms with Crippen molar-refractivity contribution in [1.29, 1.82) is 0 Å². The van der Waals surface area contributed by atoms with Crippen LogP contribution in [0, 0.1) is 0 Å². The Bertz CT molecular complexity index is 395. The summed E-state index contributed by atoms with van der Waals surface area (Å²) in [6.07, 6.45) is 10.4. The fourth-order valence-corrected chi connectivity index (χ4v) is 10.0. The van der Waals surface area contributed by atoms with Gasteiger partial charge in [0.25, 0.3) is 15.4 Å². The molecule has 0 aliphatic heterocycles. The van der Waals surface area contributed by atoms with E-state index in [-0.39, 0.29) is 0 Å². The van der Waals surface area contributed by atoms with Gasteiger partial charge in [0, 0.05) is 26.2 Å². The molecular weight excluding hydrogens is 468 g/mol. The largest absolute Gasteiger partial charge is 0.380 e. The zero-order chi connectivity index (χ0) is 25.5. The summed E-state index contributed by atoms with van der Waals surface area (Å²) in [5.74, 6) is 0. The summed E-state index contributed by atoms with van der Waals surface area (Å²) in [6, 6.07) is 0. The molecule has 0 amide bonds. The van der Waals surface area contributed by atoms with Gasteiger partial charge in [0.05, 0.1) is 33.0 Å². The van der Waals surface area contributed by atoms with E-state index in [0.29, 0.717) is 0 Å². The molecule has 0 fully saturated rings. The third kappa shape index (κ3) is 15.7. The van der Waals surface area contributed by atoms with Crippen molar-refractivity contribution in [3.05, 3.63) is 0 Å². The monoisotopic (exact) mass is 527 g/mol. The molecule has 0 rings (SSSR count). The molecule has 0 aliphatic carbocycles. The fraction of sp³-hybridized carbons (Fsp3) is 1.00. The predicted molar refractivity (Wildman–Crippen MR) is 152 cm³/mol. The van der Waals surface area contributed by atoms with Crippen LogP contribution < -0.4 is 0 Å². The predicted octanol–water partition coefficient (Wildman–Crippen LogP) is 7.55. The van der Waals surface area contributed by atoms with Crippen LogP contribution in [0.5, 0.6) is 0 Å². The first-order valence-corrected chi connectivity index (χ1v) is 18.1. The lowest BCUT2D eigenvalue weighted by molar-refractivity contribution is 0.116. The van der Waals surface area contributed by atoms with Crippen LogP contribution in [0.4, 0.5) is 0 Å². The van der Waals surface area contributed by atoms with Crippen LogP contribution in [0.2, 0.25) is 0 Å². The van der Waals surface area contributed by atoms with E-state index < -0.39 is 15.4 Å². The molecule has 8 heteroatoms. The summed E-state index contributed by atoms with van der Waals surface area (Å²) in [5, 5.41) is 0. The first kappa shape index (κ1) is 34.6. The summed E-state index contributed by atoms with van der Waals surface area (Å²) in [5.41, 5.74) is 0. The lowest BCUT2D eigenvalue weighted by Gasteiger charge is -2.30. The maximum Gasteiger partial charge on any atom is 0.276 e. The van der Waals surface area contributed by atoms with Crippen LogP contribution in [0.25, 0.3) is 0 Å². The van der Waals surface area contributed by atoms with Gasteiger partial charge < -0.3 is 4.74 Å². The topological polar surface area (TPSA) is 49.4 Å². The average Bonchev–Trinajstić information content (AvgIpc) is 2.85. The lowest BCUT2D eigenvalue weighted by Crippen LogP contribution is -2.35. The molecule has 0 bridgehead atoms. The molecule has 0 unspecified atom stereocenters. The van der Waals surface area contributed by atoms with Crippen molar-refractivity contribution < 1.29 is 22.8 Å². The summed E-state index contributed by atoms with van der Waals surface area (Å²) in [7, 11) is -3.74. The second kappa shape index (κ2) is 22.8. The van der Waals surface area contributed by atoms with Gasteiger partial charge in [-0.1, -0.05) is 41.5 Å². The number of hydrogen-bond acceptors (Lipinski definition) is 6. The first-order valence-electron chi connectivity index (χ1n) is 14.1. The van der Waals surface area contributed by atoms with Crippen molar-refractivity contribution in [1.82, 2.24) is 4.90 Å². The standard InChI is InChI=1S/C26H59NO5P2/c1-8-18-29-33(23-12-5,30-19-9-2)25-16-27(15-22-28-14-7)17-26-34(24-13-6,31-20-10-3)32-21-11-4/h8-26H2,1-7H3/q+2. The molecule has 6 nitrogen and oxygen atoms in total. The van der Waals surface area contributed by atoms with Crippen LogP contribution in [-0.4, -0.2) is 88.8 Å². The van der Waals surface area contributed by atoms with E-state index in [2.05, 4.69) is 53.4 Å². The van der Waals surface area contributed by atoms with E-state index in [4.69, 9.17) is 22.8 Å². The Labute approximate surface area is 214 Å². The van der Waals surface area contributed by atoms with E-state index in [1.165, 1.54) is 0 Å². The average molecular weight is 528 g/mol. The summed E-state index contributed by atoms with van der Waals surface area (Å²) < 4.78 is 31.6. The van der Waals surface area contributed by atoms with Gasteiger partial charge in [-0.25, -0.2) is 18.1 Å². The van der Waals surface area contributed by atoms with Gasteiger partial charge in [-0.05, 0) is 45.4 Å². The lowest BCUT2D eigenvalue weighted by atomic mass is 10.5. The fourth-order valence-electron chi connectivity index (χ4n) is 3.79. The zero-order valence-electron chi connectivity index (χ0n) is 23.8. The summed E-state index contributed by atoms with van der Waals surface area (Å²) in [6.45, 7) is 22.8. The molecule has 0 atom stereocenters. The minimum absolute atomic E-state index is 0.756. The maximum absolute atomic E-state index is 6.48. The molecule has 34 heavy (non-hydrogen) atoms. The molecule has 0 aromatic rings. The van der Waals surface area contributed by atoms with Gasteiger partial charge in [0.15, 0.2) is 0 Å². The van der Waals surface area contributed by atoms with Gasteiger partial charge in [-0.15, -0.1) is 0 Å². The highest BCUT2D eigenvalue weighted by atomic mass is 31.2. The zero-order valence-corrected chi connectivity index (χ0v) is 25.6. The van der Waals surface area contributed by atoms with Crippen molar-refractivity contribution in [2.75, 3.05) is 83.9 Å². The molecule has 0 heterocycles.